The average molecular weight is 300 g/mol. The van der Waals surface area contributed by atoms with Gasteiger partial charge in [-0.1, -0.05) is 26.2 Å². The minimum atomic E-state index is -0.110. The van der Waals surface area contributed by atoms with E-state index in [4.69, 9.17) is 0 Å². The molecule has 3 heteroatoms. The highest BCUT2D eigenvalue weighted by atomic mass is 16.1. The van der Waals surface area contributed by atoms with Gasteiger partial charge < -0.3 is 8.97 Å². The quantitative estimate of drug-likeness (QED) is 0.830. The molecule has 22 heavy (non-hydrogen) atoms. The molecule has 3 rings (SSSR count). The van der Waals surface area contributed by atoms with Gasteiger partial charge in [0, 0.05) is 23.1 Å². The molecule has 0 radical (unpaired) electrons. The average Bonchev–Trinajstić information content (AvgIpc) is 2.90. The third-order valence-corrected chi connectivity index (χ3v) is 5.11. The van der Waals surface area contributed by atoms with Crippen molar-refractivity contribution < 1.29 is 0 Å². The summed E-state index contributed by atoms with van der Waals surface area (Å²) in [5.74, 6) is 0. The molecule has 0 aliphatic heterocycles. The Balaban J connectivity index is 2.32. The van der Waals surface area contributed by atoms with E-state index in [2.05, 4.69) is 35.9 Å². The van der Waals surface area contributed by atoms with Crippen LogP contribution in [0.25, 0.3) is 5.52 Å². The molecule has 0 bridgehead atoms. The van der Waals surface area contributed by atoms with Crippen molar-refractivity contribution in [3.8, 4) is 0 Å². The van der Waals surface area contributed by atoms with Gasteiger partial charge in [0.15, 0.2) is 0 Å². The van der Waals surface area contributed by atoms with Gasteiger partial charge in [-0.2, -0.15) is 0 Å². The summed E-state index contributed by atoms with van der Waals surface area (Å²) in [7, 11) is 0. The predicted molar refractivity (Wildman–Crippen MR) is 91.8 cm³/mol. The van der Waals surface area contributed by atoms with Gasteiger partial charge in [-0.3, -0.25) is 4.79 Å². The van der Waals surface area contributed by atoms with Crippen LogP contribution in [-0.4, -0.2) is 8.97 Å². The van der Waals surface area contributed by atoms with E-state index in [1.54, 1.807) is 0 Å². The van der Waals surface area contributed by atoms with Gasteiger partial charge >= 0.3 is 0 Å². The molecule has 0 atom stereocenters. The molecule has 2 heterocycles. The molecule has 0 N–H and O–H groups in total. The highest BCUT2D eigenvalue weighted by Crippen LogP contribution is 2.27. The van der Waals surface area contributed by atoms with Crippen molar-refractivity contribution in [1.29, 1.82) is 0 Å². The third kappa shape index (κ3) is 2.51. The number of aryl methyl sites for hydroxylation is 1. The lowest BCUT2D eigenvalue weighted by Crippen LogP contribution is -2.40. The zero-order chi connectivity index (χ0) is 15.7. The molecule has 0 fully saturated rings. The number of hydrogen-bond acceptors (Lipinski definition) is 1. The standard InChI is InChI=1S/C19H28N2O/c1-4-13-19(2,3)21-16-11-8-6-5-7-10-15(16)20-14-9-12-17(20)18(21)22/h9,12,14H,4-8,10-11,13H2,1-3H3. The fourth-order valence-corrected chi connectivity index (χ4v) is 4.12. The summed E-state index contributed by atoms with van der Waals surface area (Å²) in [4.78, 5) is 13.1. The number of aromatic nitrogens is 2. The number of fused-ring (bicyclic) bond motifs is 3. The van der Waals surface area contributed by atoms with Crippen molar-refractivity contribution >= 4 is 5.52 Å². The second kappa shape index (κ2) is 5.94. The van der Waals surface area contributed by atoms with Crippen LogP contribution in [0.1, 0.15) is 70.7 Å². The van der Waals surface area contributed by atoms with E-state index in [1.807, 2.05) is 12.1 Å². The van der Waals surface area contributed by atoms with E-state index in [-0.39, 0.29) is 11.1 Å². The number of rotatable bonds is 3. The maximum atomic E-state index is 13.1. The van der Waals surface area contributed by atoms with Crippen molar-refractivity contribution in [1.82, 2.24) is 8.97 Å². The Kier molecular flexibility index (Phi) is 4.16. The normalized spacial score (nSPS) is 16.3. The summed E-state index contributed by atoms with van der Waals surface area (Å²) in [6.07, 6.45) is 11.3. The summed E-state index contributed by atoms with van der Waals surface area (Å²) in [6.45, 7) is 6.64. The molecule has 0 amide bonds. The Bertz CT molecular complexity index is 721. The minimum absolute atomic E-state index is 0.110. The first-order valence-corrected chi connectivity index (χ1v) is 8.80. The van der Waals surface area contributed by atoms with Gasteiger partial charge in [-0.15, -0.1) is 0 Å². The highest BCUT2D eigenvalue weighted by molar-refractivity contribution is 5.48. The van der Waals surface area contributed by atoms with E-state index in [1.165, 1.54) is 37.1 Å². The Morgan fingerprint density at radius 3 is 2.45 bits per heavy atom. The van der Waals surface area contributed by atoms with Crippen LogP contribution in [0.3, 0.4) is 0 Å². The smallest absolute Gasteiger partial charge is 0.275 e. The van der Waals surface area contributed by atoms with E-state index in [0.717, 1.165) is 31.2 Å². The van der Waals surface area contributed by atoms with Gasteiger partial charge in [0.25, 0.3) is 5.56 Å². The second-order valence-corrected chi connectivity index (χ2v) is 7.27. The Hall–Kier alpha value is -1.51. The van der Waals surface area contributed by atoms with E-state index in [0.29, 0.717) is 0 Å². The first-order chi connectivity index (χ1) is 10.6. The topological polar surface area (TPSA) is 26.4 Å². The van der Waals surface area contributed by atoms with Gasteiger partial charge in [0.1, 0.15) is 5.52 Å². The molecule has 1 aliphatic carbocycles. The SMILES string of the molecule is CCCC(C)(C)n1c2c(n3cccc3c1=O)CCCCCC2. The van der Waals surface area contributed by atoms with Crippen molar-refractivity contribution in [3.63, 3.8) is 0 Å². The molecule has 0 spiro atoms. The monoisotopic (exact) mass is 300 g/mol. The predicted octanol–water partition coefficient (Wildman–Crippen LogP) is 4.30. The van der Waals surface area contributed by atoms with Gasteiger partial charge in [-0.05, 0) is 58.1 Å². The van der Waals surface area contributed by atoms with E-state index < -0.39 is 0 Å². The Morgan fingerprint density at radius 2 is 1.77 bits per heavy atom. The van der Waals surface area contributed by atoms with Crippen molar-refractivity contribution in [2.75, 3.05) is 0 Å². The molecule has 3 nitrogen and oxygen atoms in total. The first-order valence-electron chi connectivity index (χ1n) is 8.80. The zero-order valence-electron chi connectivity index (χ0n) is 14.2. The molecule has 2 aromatic heterocycles. The largest absolute Gasteiger partial charge is 0.314 e. The molecular weight excluding hydrogens is 272 g/mol. The lowest BCUT2D eigenvalue weighted by atomic mass is 9.94. The second-order valence-electron chi connectivity index (χ2n) is 7.27. The highest BCUT2D eigenvalue weighted by Gasteiger charge is 2.27. The lowest BCUT2D eigenvalue weighted by molar-refractivity contribution is 0.301. The molecule has 2 aromatic rings. The zero-order valence-corrected chi connectivity index (χ0v) is 14.2. The van der Waals surface area contributed by atoms with Gasteiger partial charge in [0.05, 0.1) is 0 Å². The summed E-state index contributed by atoms with van der Waals surface area (Å²) in [6, 6.07) is 3.98. The van der Waals surface area contributed by atoms with Crippen LogP contribution < -0.4 is 5.56 Å². The minimum Gasteiger partial charge on any atom is -0.314 e. The van der Waals surface area contributed by atoms with Crippen LogP contribution in [0.15, 0.2) is 23.1 Å². The molecule has 0 saturated heterocycles. The van der Waals surface area contributed by atoms with Crippen molar-refractivity contribution in [2.24, 2.45) is 0 Å². The summed E-state index contributed by atoms with van der Waals surface area (Å²) in [5.41, 5.74) is 3.56. The van der Waals surface area contributed by atoms with Gasteiger partial charge in [0.2, 0.25) is 0 Å². The van der Waals surface area contributed by atoms with E-state index in [9.17, 15) is 4.79 Å². The fraction of sp³-hybridized carbons (Fsp3) is 0.632. The molecule has 0 aromatic carbocycles. The van der Waals surface area contributed by atoms with Crippen LogP contribution in [0.2, 0.25) is 0 Å². The number of hydrogen-bond donors (Lipinski definition) is 0. The van der Waals surface area contributed by atoms with Crippen LogP contribution in [0.5, 0.6) is 0 Å². The molecule has 0 saturated carbocycles. The summed E-state index contributed by atoms with van der Waals surface area (Å²) in [5, 5.41) is 0. The third-order valence-electron chi connectivity index (χ3n) is 5.11. The molecular formula is C19H28N2O. The van der Waals surface area contributed by atoms with Crippen LogP contribution in [-0.2, 0) is 18.4 Å². The number of nitrogens with zero attached hydrogens (tertiary/aromatic N) is 2. The fourth-order valence-electron chi connectivity index (χ4n) is 4.12. The Labute approximate surface area is 133 Å². The van der Waals surface area contributed by atoms with Crippen molar-refractivity contribution in [3.05, 3.63) is 40.1 Å². The van der Waals surface area contributed by atoms with E-state index >= 15 is 0 Å². The molecule has 120 valence electrons. The van der Waals surface area contributed by atoms with Crippen molar-refractivity contribution in [2.45, 2.75) is 77.7 Å². The first kappa shape index (κ1) is 15.4. The maximum absolute atomic E-state index is 13.1. The van der Waals surface area contributed by atoms with Crippen LogP contribution in [0, 0.1) is 0 Å². The lowest BCUT2D eigenvalue weighted by Gasteiger charge is -2.33. The summed E-state index contributed by atoms with van der Waals surface area (Å²) < 4.78 is 4.29. The van der Waals surface area contributed by atoms with Crippen LogP contribution in [0.4, 0.5) is 0 Å². The molecule has 1 aliphatic rings. The Morgan fingerprint density at radius 1 is 1.09 bits per heavy atom. The van der Waals surface area contributed by atoms with Crippen LogP contribution >= 0.6 is 0 Å². The summed E-state index contributed by atoms with van der Waals surface area (Å²) >= 11 is 0. The van der Waals surface area contributed by atoms with Gasteiger partial charge in [-0.25, -0.2) is 0 Å². The molecule has 0 unspecified atom stereocenters. The maximum Gasteiger partial charge on any atom is 0.275 e.